The number of nitrogens with one attached hydrogen (secondary N) is 1. The molecule has 0 radical (unpaired) electrons. The summed E-state index contributed by atoms with van der Waals surface area (Å²) in [5.74, 6) is 0.483. The molecule has 1 saturated heterocycles. The molecular formula is C20H28N4O3S. The molecule has 1 N–H and O–H groups in total. The quantitative estimate of drug-likeness (QED) is 0.793. The Morgan fingerprint density at radius 1 is 1.32 bits per heavy atom. The van der Waals surface area contributed by atoms with E-state index >= 15 is 0 Å². The van der Waals surface area contributed by atoms with Gasteiger partial charge >= 0.3 is 0 Å². The standard InChI is InChI=1S/C20H28N4O3S/c1-23(2)11-16-22-19-18(14-7-3-4-8-15(14)28-19)20(26)24(16)12-17(25)21-10-13-6-5-9-27-13/h13H,3-12H2,1-2H3,(H,21,25). The van der Waals surface area contributed by atoms with Gasteiger partial charge in [0.1, 0.15) is 17.2 Å². The molecule has 152 valence electrons. The molecule has 0 saturated carbocycles. The van der Waals surface area contributed by atoms with Crippen LogP contribution in [0.4, 0.5) is 0 Å². The van der Waals surface area contributed by atoms with Crippen molar-refractivity contribution >= 4 is 27.5 Å². The first-order valence-electron chi connectivity index (χ1n) is 10.1. The van der Waals surface area contributed by atoms with Crippen molar-refractivity contribution < 1.29 is 9.53 Å². The van der Waals surface area contributed by atoms with E-state index in [2.05, 4.69) is 5.32 Å². The zero-order chi connectivity index (χ0) is 19.7. The number of ether oxygens (including phenoxy) is 1. The average molecular weight is 405 g/mol. The molecular weight excluding hydrogens is 376 g/mol. The molecule has 1 fully saturated rings. The van der Waals surface area contributed by atoms with Gasteiger partial charge in [-0.25, -0.2) is 4.98 Å². The molecule has 1 amide bonds. The lowest BCUT2D eigenvalue weighted by molar-refractivity contribution is -0.122. The van der Waals surface area contributed by atoms with Crippen molar-refractivity contribution in [3.05, 3.63) is 26.6 Å². The van der Waals surface area contributed by atoms with Gasteiger partial charge in [-0.3, -0.25) is 14.2 Å². The number of carbonyl (C=O) groups is 1. The minimum Gasteiger partial charge on any atom is -0.376 e. The predicted octanol–water partition coefficient (Wildman–Crippen LogP) is 1.69. The fraction of sp³-hybridized carbons (Fsp3) is 0.650. The molecule has 0 aromatic carbocycles. The van der Waals surface area contributed by atoms with Gasteiger partial charge in [-0.05, 0) is 58.2 Å². The van der Waals surface area contributed by atoms with Crippen molar-refractivity contribution in [2.75, 3.05) is 27.2 Å². The summed E-state index contributed by atoms with van der Waals surface area (Å²) in [7, 11) is 3.88. The molecule has 1 aliphatic carbocycles. The van der Waals surface area contributed by atoms with Crippen LogP contribution >= 0.6 is 11.3 Å². The van der Waals surface area contributed by atoms with E-state index < -0.39 is 0 Å². The third kappa shape index (κ3) is 3.99. The Morgan fingerprint density at radius 3 is 2.89 bits per heavy atom. The highest BCUT2D eigenvalue weighted by molar-refractivity contribution is 7.18. The van der Waals surface area contributed by atoms with Crippen LogP contribution in [0.3, 0.4) is 0 Å². The molecule has 2 aromatic heterocycles. The van der Waals surface area contributed by atoms with E-state index in [1.165, 1.54) is 11.3 Å². The van der Waals surface area contributed by atoms with Crippen LogP contribution < -0.4 is 10.9 Å². The highest BCUT2D eigenvalue weighted by Gasteiger charge is 2.23. The first-order valence-corrected chi connectivity index (χ1v) is 10.9. The first-order chi connectivity index (χ1) is 13.5. The van der Waals surface area contributed by atoms with Crippen LogP contribution in [-0.4, -0.2) is 53.7 Å². The molecule has 2 aromatic rings. The third-order valence-corrected chi connectivity index (χ3v) is 6.65. The zero-order valence-corrected chi connectivity index (χ0v) is 17.4. The Labute approximate surface area is 168 Å². The third-order valence-electron chi connectivity index (χ3n) is 5.46. The molecule has 0 spiro atoms. The fourth-order valence-corrected chi connectivity index (χ4v) is 5.35. The minimum absolute atomic E-state index is 0.00227. The molecule has 4 rings (SSSR count). The van der Waals surface area contributed by atoms with Crippen LogP contribution in [0, 0.1) is 0 Å². The van der Waals surface area contributed by atoms with Crippen LogP contribution in [0.2, 0.25) is 0 Å². The van der Waals surface area contributed by atoms with Crippen molar-refractivity contribution in [1.82, 2.24) is 19.8 Å². The Bertz CT molecular complexity index is 928. The number of hydrogen-bond donors (Lipinski definition) is 1. The minimum atomic E-state index is -0.164. The molecule has 1 atom stereocenters. The van der Waals surface area contributed by atoms with Crippen molar-refractivity contribution in [1.29, 1.82) is 0 Å². The summed E-state index contributed by atoms with van der Waals surface area (Å²) < 4.78 is 7.13. The van der Waals surface area contributed by atoms with E-state index in [-0.39, 0.29) is 24.1 Å². The highest BCUT2D eigenvalue weighted by Crippen LogP contribution is 2.33. The van der Waals surface area contributed by atoms with Gasteiger partial charge in [-0.2, -0.15) is 0 Å². The van der Waals surface area contributed by atoms with E-state index in [0.717, 1.165) is 54.5 Å². The first kappa shape index (κ1) is 19.5. The summed E-state index contributed by atoms with van der Waals surface area (Å²) in [4.78, 5) is 34.8. The van der Waals surface area contributed by atoms with E-state index in [9.17, 15) is 9.59 Å². The molecule has 1 unspecified atom stereocenters. The van der Waals surface area contributed by atoms with E-state index in [0.29, 0.717) is 18.9 Å². The molecule has 2 aliphatic rings. The number of rotatable bonds is 6. The van der Waals surface area contributed by atoms with Gasteiger partial charge in [0, 0.05) is 18.0 Å². The number of nitrogens with zero attached hydrogens (tertiary/aromatic N) is 3. The lowest BCUT2D eigenvalue weighted by Gasteiger charge is -2.17. The summed E-state index contributed by atoms with van der Waals surface area (Å²) in [5.41, 5.74) is 1.09. The van der Waals surface area contributed by atoms with Gasteiger partial charge in [0.2, 0.25) is 5.91 Å². The van der Waals surface area contributed by atoms with Crippen LogP contribution in [0.25, 0.3) is 10.2 Å². The van der Waals surface area contributed by atoms with Gasteiger partial charge in [-0.15, -0.1) is 11.3 Å². The highest BCUT2D eigenvalue weighted by atomic mass is 32.1. The molecule has 1 aliphatic heterocycles. The van der Waals surface area contributed by atoms with E-state index in [4.69, 9.17) is 9.72 Å². The predicted molar refractivity (Wildman–Crippen MR) is 110 cm³/mol. The SMILES string of the molecule is CN(C)Cc1nc2sc3c(c2c(=O)n1CC(=O)NCC1CCCO1)CCCC3. The normalized spacial score (nSPS) is 19.3. The van der Waals surface area contributed by atoms with Gasteiger partial charge in [0.25, 0.3) is 5.56 Å². The summed E-state index contributed by atoms with van der Waals surface area (Å²) in [5, 5.41) is 3.65. The van der Waals surface area contributed by atoms with Gasteiger partial charge in [0.05, 0.1) is 18.0 Å². The largest absolute Gasteiger partial charge is 0.376 e. The van der Waals surface area contributed by atoms with Crippen LogP contribution in [0.1, 0.15) is 41.9 Å². The van der Waals surface area contributed by atoms with Crippen molar-refractivity contribution in [3.8, 4) is 0 Å². The number of hydrogen-bond acceptors (Lipinski definition) is 6. The second-order valence-corrected chi connectivity index (χ2v) is 9.07. The summed E-state index contributed by atoms with van der Waals surface area (Å²) >= 11 is 1.65. The molecule has 3 heterocycles. The average Bonchev–Trinajstić information content (AvgIpc) is 3.29. The lowest BCUT2D eigenvalue weighted by Crippen LogP contribution is -2.38. The van der Waals surface area contributed by atoms with E-state index in [1.807, 2.05) is 19.0 Å². The van der Waals surface area contributed by atoms with Crippen LogP contribution in [0.5, 0.6) is 0 Å². The molecule has 7 nitrogen and oxygen atoms in total. The Balaban J connectivity index is 1.65. The smallest absolute Gasteiger partial charge is 0.263 e. The summed E-state index contributed by atoms with van der Waals surface area (Å²) in [6, 6.07) is 0. The topological polar surface area (TPSA) is 76.5 Å². The summed E-state index contributed by atoms with van der Waals surface area (Å²) in [6.45, 7) is 1.78. The van der Waals surface area contributed by atoms with Crippen molar-refractivity contribution in [3.63, 3.8) is 0 Å². The Morgan fingerprint density at radius 2 is 2.14 bits per heavy atom. The second-order valence-electron chi connectivity index (χ2n) is 7.99. The maximum atomic E-state index is 13.4. The number of amides is 1. The van der Waals surface area contributed by atoms with Gasteiger partial charge in [0.15, 0.2) is 0 Å². The Kier molecular flexibility index (Phi) is 5.80. The second kappa shape index (κ2) is 8.31. The van der Waals surface area contributed by atoms with Gasteiger partial charge in [-0.1, -0.05) is 0 Å². The fourth-order valence-electron chi connectivity index (χ4n) is 4.08. The maximum absolute atomic E-state index is 13.4. The number of aryl methyl sites for hydroxylation is 2. The number of aromatic nitrogens is 2. The lowest BCUT2D eigenvalue weighted by atomic mass is 9.97. The Hall–Kier alpha value is -1.77. The molecule has 28 heavy (non-hydrogen) atoms. The number of fused-ring (bicyclic) bond motifs is 3. The number of carbonyl (C=O) groups excluding carboxylic acids is 1. The van der Waals surface area contributed by atoms with Gasteiger partial charge < -0.3 is 15.0 Å². The zero-order valence-electron chi connectivity index (χ0n) is 16.6. The van der Waals surface area contributed by atoms with Crippen molar-refractivity contribution in [2.45, 2.75) is 57.7 Å². The van der Waals surface area contributed by atoms with Crippen molar-refractivity contribution in [2.24, 2.45) is 0 Å². The maximum Gasteiger partial charge on any atom is 0.263 e. The molecule has 0 bridgehead atoms. The van der Waals surface area contributed by atoms with Crippen LogP contribution in [0.15, 0.2) is 4.79 Å². The molecule has 8 heteroatoms. The summed E-state index contributed by atoms with van der Waals surface area (Å²) in [6.07, 6.45) is 6.35. The van der Waals surface area contributed by atoms with E-state index in [1.54, 1.807) is 15.9 Å². The monoisotopic (exact) mass is 404 g/mol. The van der Waals surface area contributed by atoms with Crippen LogP contribution in [-0.2, 0) is 35.5 Å². The number of thiophene rings is 1.